The van der Waals surface area contributed by atoms with E-state index in [4.69, 9.17) is 15.9 Å². The predicted molar refractivity (Wildman–Crippen MR) is 128 cm³/mol. The fourth-order valence-corrected chi connectivity index (χ4v) is 4.98. The molecule has 2 heterocycles. The number of terminal acetylenes is 1. The fourth-order valence-electron chi connectivity index (χ4n) is 3.36. The summed E-state index contributed by atoms with van der Waals surface area (Å²) < 4.78 is 11.7. The summed E-state index contributed by atoms with van der Waals surface area (Å²) in [6, 6.07) is 3.52. The molecule has 7 nitrogen and oxygen atoms in total. The number of carbonyl (C=O) groups is 3. The second-order valence-electron chi connectivity index (χ2n) is 7.36. The molecule has 164 valence electrons. The molecule has 0 aliphatic carbocycles. The fraction of sp³-hybridized carbons (Fsp3) is 0.409. The molecule has 1 aromatic carbocycles. The predicted octanol–water partition coefficient (Wildman–Crippen LogP) is 3.61. The number of methoxy groups -OCH3 is 1. The Balaban J connectivity index is 1.75. The molecule has 2 fully saturated rings. The Morgan fingerprint density at radius 2 is 2.06 bits per heavy atom. The molecular weight excluding hydrogens is 531 g/mol. The minimum absolute atomic E-state index is 0.106. The SMILES string of the molecule is C#CCOc1c(I)cc(/C=C2/SC(=O)N(CC(=O)N3CCC(C)CC3)C2=O)cc1OC. The number of nitrogens with zero attached hydrogens (tertiary/aromatic N) is 2. The molecule has 31 heavy (non-hydrogen) atoms. The van der Waals surface area contributed by atoms with E-state index in [0.717, 1.165) is 33.1 Å². The maximum absolute atomic E-state index is 12.8. The summed E-state index contributed by atoms with van der Waals surface area (Å²) in [5.74, 6) is 3.34. The van der Waals surface area contributed by atoms with Crippen molar-refractivity contribution in [3.63, 3.8) is 0 Å². The van der Waals surface area contributed by atoms with Gasteiger partial charge in [-0.25, -0.2) is 0 Å². The van der Waals surface area contributed by atoms with Crippen LogP contribution in [0.25, 0.3) is 6.08 Å². The quantitative estimate of drug-likeness (QED) is 0.304. The van der Waals surface area contributed by atoms with E-state index in [-0.39, 0.29) is 24.0 Å². The van der Waals surface area contributed by atoms with Crippen LogP contribution in [0.2, 0.25) is 0 Å². The number of carbonyl (C=O) groups excluding carboxylic acids is 3. The van der Waals surface area contributed by atoms with E-state index in [9.17, 15) is 14.4 Å². The zero-order valence-electron chi connectivity index (χ0n) is 17.4. The molecule has 1 aromatic rings. The monoisotopic (exact) mass is 554 g/mol. The first-order valence-electron chi connectivity index (χ1n) is 9.81. The van der Waals surface area contributed by atoms with Gasteiger partial charge in [-0.15, -0.1) is 6.42 Å². The van der Waals surface area contributed by atoms with Gasteiger partial charge in [-0.1, -0.05) is 12.8 Å². The third-order valence-electron chi connectivity index (χ3n) is 5.15. The Morgan fingerprint density at radius 3 is 2.71 bits per heavy atom. The van der Waals surface area contributed by atoms with Gasteiger partial charge < -0.3 is 14.4 Å². The molecule has 0 saturated carbocycles. The molecule has 0 N–H and O–H groups in total. The van der Waals surface area contributed by atoms with Gasteiger partial charge in [0.1, 0.15) is 13.2 Å². The number of ether oxygens (including phenoxy) is 2. The zero-order valence-corrected chi connectivity index (χ0v) is 20.3. The van der Waals surface area contributed by atoms with Crippen LogP contribution in [0.5, 0.6) is 11.5 Å². The Kier molecular flexibility index (Phi) is 7.89. The van der Waals surface area contributed by atoms with Gasteiger partial charge in [-0.3, -0.25) is 19.3 Å². The van der Waals surface area contributed by atoms with Crippen LogP contribution in [0.1, 0.15) is 25.3 Å². The van der Waals surface area contributed by atoms with E-state index in [1.165, 1.54) is 7.11 Å². The first-order chi connectivity index (χ1) is 14.8. The maximum Gasteiger partial charge on any atom is 0.294 e. The van der Waals surface area contributed by atoms with E-state index in [1.54, 1.807) is 17.0 Å². The van der Waals surface area contributed by atoms with Crippen LogP contribution < -0.4 is 9.47 Å². The number of thioether (sulfide) groups is 1. The number of piperidine rings is 1. The minimum atomic E-state index is -0.463. The molecule has 0 bridgehead atoms. The minimum Gasteiger partial charge on any atom is -0.493 e. The van der Waals surface area contributed by atoms with Gasteiger partial charge in [0.2, 0.25) is 5.91 Å². The average Bonchev–Trinajstić information content (AvgIpc) is 3.00. The number of amides is 3. The highest BCUT2D eigenvalue weighted by Gasteiger charge is 2.37. The summed E-state index contributed by atoms with van der Waals surface area (Å²) in [4.78, 5) is 40.8. The van der Waals surface area contributed by atoms with Gasteiger partial charge >= 0.3 is 0 Å². The van der Waals surface area contributed by atoms with Crippen LogP contribution in [0.15, 0.2) is 17.0 Å². The Bertz CT molecular complexity index is 963. The van der Waals surface area contributed by atoms with Crippen molar-refractivity contribution in [2.45, 2.75) is 19.8 Å². The number of halogens is 1. The van der Waals surface area contributed by atoms with Crippen LogP contribution in [0.3, 0.4) is 0 Å². The third kappa shape index (κ3) is 5.54. The summed E-state index contributed by atoms with van der Waals surface area (Å²) in [5.41, 5.74) is 0.677. The summed E-state index contributed by atoms with van der Waals surface area (Å²) in [5, 5.41) is -0.439. The van der Waals surface area contributed by atoms with E-state index >= 15 is 0 Å². The standard InChI is InChI=1S/C22H23IN2O5S/c1-4-9-30-20-16(23)10-15(11-17(20)29-3)12-18-21(27)25(22(28)31-18)13-19(26)24-7-5-14(2)6-8-24/h1,10-12,14H,5-9,13H2,2-3H3/b18-12+. The lowest BCUT2D eigenvalue weighted by molar-refractivity contribution is -0.136. The molecule has 0 atom stereocenters. The van der Waals surface area contributed by atoms with Crippen LogP contribution in [-0.2, 0) is 9.59 Å². The second kappa shape index (κ2) is 10.4. The smallest absolute Gasteiger partial charge is 0.294 e. The summed E-state index contributed by atoms with van der Waals surface area (Å²) in [6.07, 6.45) is 8.75. The van der Waals surface area contributed by atoms with Gasteiger partial charge in [0.25, 0.3) is 11.1 Å². The number of hydrogen-bond acceptors (Lipinski definition) is 6. The molecule has 2 saturated heterocycles. The van der Waals surface area contributed by atoms with Gasteiger partial charge in [0, 0.05) is 13.1 Å². The number of imide groups is 1. The van der Waals surface area contributed by atoms with Gasteiger partial charge in [0.05, 0.1) is 15.6 Å². The summed E-state index contributed by atoms with van der Waals surface area (Å²) in [6.45, 7) is 3.37. The van der Waals surface area contributed by atoms with Crippen molar-refractivity contribution in [1.82, 2.24) is 9.80 Å². The molecule has 2 aliphatic heterocycles. The molecule has 0 radical (unpaired) electrons. The van der Waals surface area contributed by atoms with E-state index in [2.05, 4.69) is 35.4 Å². The highest BCUT2D eigenvalue weighted by atomic mass is 127. The molecule has 2 aliphatic rings. The number of hydrogen-bond donors (Lipinski definition) is 0. The van der Waals surface area contributed by atoms with Crippen LogP contribution >= 0.6 is 34.4 Å². The van der Waals surface area contributed by atoms with Crippen molar-refractivity contribution < 1.29 is 23.9 Å². The number of benzene rings is 1. The third-order valence-corrected chi connectivity index (χ3v) is 6.86. The normalized spacial score (nSPS) is 18.5. The second-order valence-corrected chi connectivity index (χ2v) is 9.51. The molecule has 0 unspecified atom stereocenters. The van der Waals surface area contributed by atoms with Gasteiger partial charge in [0.15, 0.2) is 11.5 Å². The van der Waals surface area contributed by atoms with Gasteiger partial charge in [-0.05, 0) is 76.9 Å². The Labute approximate surface area is 199 Å². The topological polar surface area (TPSA) is 76.2 Å². The largest absolute Gasteiger partial charge is 0.493 e. The van der Waals surface area contributed by atoms with E-state index in [0.29, 0.717) is 36.1 Å². The first-order valence-corrected chi connectivity index (χ1v) is 11.7. The first kappa shape index (κ1) is 23.5. The van der Waals surface area contributed by atoms with Gasteiger partial charge in [-0.2, -0.15) is 0 Å². The van der Waals surface area contributed by atoms with Crippen LogP contribution in [0, 0.1) is 21.8 Å². The Morgan fingerprint density at radius 1 is 1.35 bits per heavy atom. The number of likely N-dealkylation sites (tertiary alicyclic amines) is 1. The number of rotatable bonds is 6. The lowest BCUT2D eigenvalue weighted by Gasteiger charge is -2.31. The van der Waals surface area contributed by atoms with Crippen molar-refractivity contribution in [1.29, 1.82) is 0 Å². The molecule has 0 aromatic heterocycles. The highest BCUT2D eigenvalue weighted by molar-refractivity contribution is 14.1. The van der Waals surface area contributed by atoms with Crippen LogP contribution in [-0.4, -0.2) is 60.2 Å². The van der Waals surface area contributed by atoms with Crippen molar-refractivity contribution in [2.75, 3.05) is 33.4 Å². The molecule has 3 rings (SSSR count). The van der Waals surface area contributed by atoms with Crippen molar-refractivity contribution in [2.24, 2.45) is 5.92 Å². The summed E-state index contributed by atoms with van der Waals surface area (Å²) in [7, 11) is 1.51. The maximum atomic E-state index is 12.8. The van der Waals surface area contributed by atoms with Crippen LogP contribution in [0.4, 0.5) is 4.79 Å². The molecule has 3 amide bonds. The molecule has 9 heteroatoms. The Hall–Kier alpha value is -2.19. The zero-order chi connectivity index (χ0) is 22.5. The van der Waals surface area contributed by atoms with Crippen molar-refractivity contribution in [3.05, 3.63) is 26.2 Å². The van der Waals surface area contributed by atoms with Crippen molar-refractivity contribution in [3.8, 4) is 23.8 Å². The highest BCUT2D eigenvalue weighted by Crippen LogP contribution is 2.37. The van der Waals surface area contributed by atoms with Crippen molar-refractivity contribution >= 4 is 57.5 Å². The lowest BCUT2D eigenvalue weighted by atomic mass is 9.99. The molecule has 0 spiro atoms. The lowest BCUT2D eigenvalue weighted by Crippen LogP contribution is -2.45. The summed E-state index contributed by atoms with van der Waals surface area (Å²) >= 11 is 2.92. The molecular formula is C22H23IN2O5S. The average molecular weight is 554 g/mol. The van der Waals surface area contributed by atoms with E-state index < -0.39 is 11.1 Å². The van der Waals surface area contributed by atoms with E-state index in [1.807, 2.05) is 6.07 Å².